The largest absolute Gasteiger partial charge is 0.255 e. The SMILES string of the molecule is c1ccc(-c2c3c(c(-c4ccccc4)c4ccccc24)-c2ccc(-c4ccc(-c5ccc(-c6cccc(-c7ccccn7)n6)cc5)c5ccccc45)c4cccc-3c24)cc1. The molecule has 11 aromatic rings. The number of rotatable bonds is 6. The van der Waals surface area contributed by atoms with E-state index < -0.39 is 0 Å². The average Bonchev–Trinajstić information content (AvgIpc) is 3.66. The number of pyridine rings is 2. The van der Waals surface area contributed by atoms with Crippen LogP contribution >= 0.6 is 0 Å². The Morgan fingerprint density at radius 3 is 1.35 bits per heavy atom. The maximum Gasteiger partial charge on any atom is 0.0893 e. The topological polar surface area (TPSA) is 25.8 Å². The molecule has 0 N–H and O–H groups in total. The molecule has 1 aliphatic rings. The molecule has 60 heavy (non-hydrogen) atoms. The Balaban J connectivity index is 1.02. The van der Waals surface area contributed by atoms with Crippen molar-refractivity contribution >= 4 is 32.3 Å². The monoisotopic (exact) mass is 760 g/mol. The van der Waals surface area contributed by atoms with Crippen molar-refractivity contribution < 1.29 is 0 Å². The first-order valence-electron chi connectivity index (χ1n) is 20.6. The van der Waals surface area contributed by atoms with Crippen LogP contribution in [0.4, 0.5) is 0 Å². The molecule has 0 fully saturated rings. The molecule has 0 radical (unpaired) electrons. The lowest BCUT2D eigenvalue weighted by Gasteiger charge is -2.20. The standard InChI is InChI=1S/C58H36N2/c1-3-15-39(16-4-1)54-47-21-9-10-22-48(47)55(40-17-5-2-6-18-40)58-50-35-34-45(46-23-13-24-49(56(46)50)57(54)58)44-33-32-41(42-19-7-8-20-43(42)44)37-28-30-38(31-29-37)51-26-14-27-53(60-51)52-25-11-12-36-59-52/h1-36H. The lowest BCUT2D eigenvalue weighted by Crippen LogP contribution is -1.93. The molecule has 0 saturated heterocycles. The number of fused-ring (bicyclic) bond motifs is 5. The van der Waals surface area contributed by atoms with Crippen LogP contribution in [0.3, 0.4) is 0 Å². The molecule has 2 nitrogen and oxygen atoms in total. The average molecular weight is 761 g/mol. The predicted molar refractivity (Wildman–Crippen MR) is 252 cm³/mol. The minimum absolute atomic E-state index is 0.868. The Hall–Kier alpha value is -7.94. The van der Waals surface area contributed by atoms with Gasteiger partial charge in [-0.3, -0.25) is 4.98 Å². The van der Waals surface area contributed by atoms with Crippen molar-refractivity contribution in [3.05, 3.63) is 219 Å². The molecule has 0 spiro atoms. The first-order valence-corrected chi connectivity index (χ1v) is 20.6. The molecule has 0 aliphatic heterocycles. The van der Waals surface area contributed by atoms with E-state index >= 15 is 0 Å². The molecular weight excluding hydrogens is 725 g/mol. The fourth-order valence-corrected chi connectivity index (χ4v) is 9.70. The molecule has 0 unspecified atom stereocenters. The zero-order chi connectivity index (χ0) is 39.6. The van der Waals surface area contributed by atoms with Gasteiger partial charge in [0.1, 0.15) is 0 Å². The third-order valence-corrected chi connectivity index (χ3v) is 12.3. The van der Waals surface area contributed by atoms with Crippen LogP contribution in [0.1, 0.15) is 0 Å². The highest BCUT2D eigenvalue weighted by Gasteiger charge is 2.31. The number of nitrogens with zero attached hydrogens (tertiary/aromatic N) is 2. The van der Waals surface area contributed by atoms with Crippen molar-refractivity contribution in [3.8, 4) is 89.4 Å². The van der Waals surface area contributed by atoms with Crippen molar-refractivity contribution in [2.45, 2.75) is 0 Å². The molecule has 0 atom stereocenters. The van der Waals surface area contributed by atoms with Gasteiger partial charge in [-0.2, -0.15) is 0 Å². The van der Waals surface area contributed by atoms with Gasteiger partial charge in [0.2, 0.25) is 0 Å². The van der Waals surface area contributed by atoms with E-state index in [1.54, 1.807) is 0 Å². The zero-order valence-corrected chi connectivity index (χ0v) is 32.7. The van der Waals surface area contributed by atoms with E-state index in [0.29, 0.717) is 0 Å². The number of benzene rings is 9. The van der Waals surface area contributed by atoms with Crippen molar-refractivity contribution in [1.29, 1.82) is 0 Å². The van der Waals surface area contributed by atoms with E-state index in [1.165, 1.54) is 99.1 Å². The summed E-state index contributed by atoms with van der Waals surface area (Å²) < 4.78 is 0. The van der Waals surface area contributed by atoms with Crippen LogP contribution in [0.15, 0.2) is 219 Å². The van der Waals surface area contributed by atoms with Crippen LogP contribution in [0.2, 0.25) is 0 Å². The van der Waals surface area contributed by atoms with Crippen molar-refractivity contribution in [1.82, 2.24) is 9.97 Å². The Bertz CT molecular complexity index is 3350. The lowest BCUT2D eigenvalue weighted by atomic mass is 9.82. The Labute approximate surface area is 348 Å². The summed E-state index contributed by atoms with van der Waals surface area (Å²) in [5, 5.41) is 7.60. The fraction of sp³-hybridized carbons (Fsp3) is 0. The summed E-state index contributed by atoms with van der Waals surface area (Å²) in [7, 11) is 0. The van der Waals surface area contributed by atoms with Crippen molar-refractivity contribution in [3.63, 3.8) is 0 Å². The summed E-state index contributed by atoms with van der Waals surface area (Å²) >= 11 is 0. The van der Waals surface area contributed by atoms with Crippen LogP contribution in [0.5, 0.6) is 0 Å². The molecule has 2 heteroatoms. The van der Waals surface area contributed by atoms with E-state index in [9.17, 15) is 0 Å². The molecule has 0 bridgehead atoms. The molecule has 0 saturated carbocycles. The second-order valence-electron chi connectivity index (χ2n) is 15.6. The van der Waals surface area contributed by atoms with E-state index in [2.05, 4.69) is 193 Å². The molecule has 9 aromatic carbocycles. The van der Waals surface area contributed by atoms with Gasteiger partial charge in [-0.25, -0.2) is 4.98 Å². The Kier molecular flexibility index (Phi) is 7.89. The summed E-state index contributed by atoms with van der Waals surface area (Å²) in [6.45, 7) is 0. The zero-order valence-electron chi connectivity index (χ0n) is 32.7. The first kappa shape index (κ1) is 34.1. The molecular formula is C58H36N2. The van der Waals surface area contributed by atoms with E-state index in [0.717, 1.165) is 22.6 Å². The third-order valence-electron chi connectivity index (χ3n) is 12.3. The molecule has 2 heterocycles. The Morgan fingerprint density at radius 1 is 0.233 bits per heavy atom. The number of hydrogen-bond acceptors (Lipinski definition) is 2. The second-order valence-corrected chi connectivity index (χ2v) is 15.6. The predicted octanol–water partition coefficient (Wildman–Crippen LogP) is 15.6. The van der Waals surface area contributed by atoms with Crippen molar-refractivity contribution in [2.75, 3.05) is 0 Å². The molecule has 278 valence electrons. The highest BCUT2D eigenvalue weighted by molar-refractivity contribution is 6.29. The van der Waals surface area contributed by atoms with Gasteiger partial charge < -0.3 is 0 Å². The smallest absolute Gasteiger partial charge is 0.0893 e. The lowest BCUT2D eigenvalue weighted by molar-refractivity contribution is 1.25. The third kappa shape index (κ3) is 5.35. The van der Waals surface area contributed by atoms with E-state index in [4.69, 9.17) is 4.98 Å². The first-order chi connectivity index (χ1) is 29.8. The van der Waals surface area contributed by atoms with Gasteiger partial charge in [0.15, 0.2) is 0 Å². The highest BCUT2D eigenvalue weighted by Crippen LogP contribution is 2.58. The van der Waals surface area contributed by atoms with Gasteiger partial charge in [-0.05, 0) is 123 Å². The maximum absolute atomic E-state index is 4.96. The van der Waals surface area contributed by atoms with Crippen LogP contribution in [-0.2, 0) is 0 Å². The van der Waals surface area contributed by atoms with E-state index in [1.807, 2.05) is 30.5 Å². The van der Waals surface area contributed by atoms with Crippen LogP contribution in [0, 0.1) is 0 Å². The van der Waals surface area contributed by atoms with Gasteiger partial charge in [-0.15, -0.1) is 0 Å². The number of hydrogen-bond donors (Lipinski definition) is 0. The fourth-order valence-electron chi connectivity index (χ4n) is 9.70. The highest BCUT2D eigenvalue weighted by atomic mass is 14.8. The minimum Gasteiger partial charge on any atom is -0.255 e. The Morgan fingerprint density at radius 2 is 0.700 bits per heavy atom. The molecule has 12 rings (SSSR count). The van der Waals surface area contributed by atoms with Gasteiger partial charge in [0, 0.05) is 11.8 Å². The summed E-state index contributed by atoms with van der Waals surface area (Å²) in [6.07, 6.45) is 1.81. The molecule has 2 aromatic heterocycles. The van der Waals surface area contributed by atoms with Crippen LogP contribution < -0.4 is 0 Å². The molecule has 1 aliphatic carbocycles. The van der Waals surface area contributed by atoms with Crippen LogP contribution in [-0.4, -0.2) is 9.97 Å². The summed E-state index contributed by atoms with van der Waals surface area (Å²) in [5.41, 5.74) is 18.9. The van der Waals surface area contributed by atoms with Gasteiger partial charge in [0.05, 0.1) is 17.1 Å². The second kappa shape index (κ2) is 13.9. The number of aromatic nitrogens is 2. The van der Waals surface area contributed by atoms with E-state index in [-0.39, 0.29) is 0 Å². The summed E-state index contributed by atoms with van der Waals surface area (Å²) in [6, 6.07) is 76.9. The summed E-state index contributed by atoms with van der Waals surface area (Å²) in [4.78, 5) is 9.47. The quantitative estimate of drug-likeness (QED) is 0.169. The van der Waals surface area contributed by atoms with Gasteiger partial charge in [0.25, 0.3) is 0 Å². The van der Waals surface area contributed by atoms with Crippen LogP contribution in [0.25, 0.3) is 122 Å². The van der Waals surface area contributed by atoms with Gasteiger partial charge >= 0.3 is 0 Å². The normalized spacial score (nSPS) is 11.7. The van der Waals surface area contributed by atoms with Crippen molar-refractivity contribution in [2.24, 2.45) is 0 Å². The maximum atomic E-state index is 4.96. The van der Waals surface area contributed by atoms with Gasteiger partial charge in [-0.1, -0.05) is 188 Å². The summed E-state index contributed by atoms with van der Waals surface area (Å²) in [5.74, 6) is 0. The molecule has 0 amide bonds. The minimum atomic E-state index is 0.868.